The quantitative estimate of drug-likeness (QED) is 0.107. The number of nitrogens with two attached hydrogens (primary N) is 1. The van der Waals surface area contributed by atoms with Crippen LogP contribution in [0.25, 0.3) is 27.6 Å². The Labute approximate surface area is 242 Å². The van der Waals surface area contributed by atoms with Crippen LogP contribution in [0.3, 0.4) is 0 Å². The van der Waals surface area contributed by atoms with Crippen LogP contribution in [0.2, 0.25) is 0 Å². The highest BCUT2D eigenvalue weighted by Crippen LogP contribution is 2.36. The van der Waals surface area contributed by atoms with Crippen LogP contribution in [0, 0.1) is 0 Å². The molecular formula is C30H27N3O4S3. The molecule has 7 nitrogen and oxygen atoms in total. The van der Waals surface area contributed by atoms with Crippen LogP contribution >= 0.6 is 24.0 Å². The maximum absolute atomic E-state index is 13.3. The highest BCUT2D eigenvalue weighted by Gasteiger charge is 2.31. The third kappa shape index (κ3) is 6.26. The van der Waals surface area contributed by atoms with Gasteiger partial charge in [-0.05, 0) is 76.4 Å². The predicted octanol–water partition coefficient (Wildman–Crippen LogP) is 6.04. The van der Waals surface area contributed by atoms with Crippen molar-refractivity contribution in [1.29, 1.82) is 0 Å². The lowest BCUT2D eigenvalue weighted by Gasteiger charge is -2.14. The number of fused-ring (bicyclic) bond motifs is 2. The molecule has 0 radical (unpaired) electrons. The van der Waals surface area contributed by atoms with Gasteiger partial charge in [0.1, 0.15) is 4.32 Å². The summed E-state index contributed by atoms with van der Waals surface area (Å²) in [7, 11) is -3.78. The molecule has 1 heterocycles. The molecule has 204 valence electrons. The fourth-order valence-corrected chi connectivity index (χ4v) is 6.52. The van der Waals surface area contributed by atoms with E-state index in [-0.39, 0.29) is 16.7 Å². The smallest absolute Gasteiger partial charge is 0.266 e. The molecule has 0 atom stereocenters. The van der Waals surface area contributed by atoms with Gasteiger partial charge in [-0.1, -0.05) is 78.9 Å². The number of primary sulfonamides is 1. The van der Waals surface area contributed by atoms with Gasteiger partial charge in [-0.15, -0.1) is 0 Å². The first-order chi connectivity index (χ1) is 19.2. The fraction of sp³-hybridized carbons (Fsp3) is 0.167. The molecule has 0 saturated carbocycles. The molecule has 10 heteroatoms. The molecular weight excluding hydrogens is 563 g/mol. The van der Waals surface area contributed by atoms with Crippen LogP contribution in [0.4, 0.5) is 5.69 Å². The lowest BCUT2D eigenvalue weighted by atomic mass is 9.96. The Kier molecular flexibility index (Phi) is 8.32. The summed E-state index contributed by atoms with van der Waals surface area (Å²) in [6.45, 7) is 0.495. The second kappa shape index (κ2) is 11.9. The summed E-state index contributed by atoms with van der Waals surface area (Å²) in [5.74, 6) is -0.257. The molecule has 1 aliphatic heterocycles. The number of nitrogens with zero attached hydrogens (tertiary/aromatic N) is 1. The van der Waals surface area contributed by atoms with Crippen LogP contribution < -0.4 is 10.5 Å². The van der Waals surface area contributed by atoms with Crippen molar-refractivity contribution in [2.24, 2.45) is 5.14 Å². The Morgan fingerprint density at radius 3 is 2.17 bits per heavy atom. The molecule has 4 aromatic carbocycles. The molecule has 0 unspecified atom stereocenters. The van der Waals surface area contributed by atoms with E-state index < -0.39 is 10.0 Å². The minimum atomic E-state index is -3.78. The number of carbonyl (C=O) groups excluding carboxylic acids is 2. The Morgan fingerprint density at radius 1 is 0.925 bits per heavy atom. The summed E-state index contributed by atoms with van der Waals surface area (Å²) < 4.78 is 23.2. The topological polar surface area (TPSA) is 110 Å². The first kappa shape index (κ1) is 28.0. The lowest BCUT2D eigenvalue weighted by molar-refractivity contribution is -0.122. The summed E-state index contributed by atoms with van der Waals surface area (Å²) in [5, 5.41) is 12.3. The van der Waals surface area contributed by atoms with Gasteiger partial charge in [0, 0.05) is 18.7 Å². The zero-order chi connectivity index (χ0) is 28.3. The van der Waals surface area contributed by atoms with E-state index in [4.69, 9.17) is 17.4 Å². The fourth-order valence-electron chi connectivity index (χ4n) is 4.71. The van der Waals surface area contributed by atoms with Crippen molar-refractivity contribution in [2.45, 2.75) is 30.6 Å². The van der Waals surface area contributed by atoms with E-state index in [9.17, 15) is 18.0 Å². The zero-order valence-corrected chi connectivity index (χ0v) is 24.0. The Hall–Kier alpha value is -3.57. The van der Waals surface area contributed by atoms with Crippen molar-refractivity contribution in [3.8, 4) is 0 Å². The minimum absolute atomic E-state index is 0.0125. The number of rotatable bonds is 9. The van der Waals surface area contributed by atoms with Crippen molar-refractivity contribution in [3.63, 3.8) is 0 Å². The van der Waals surface area contributed by atoms with Crippen LogP contribution in [0.1, 0.15) is 31.2 Å². The number of thioether (sulfide) groups is 1. The summed E-state index contributed by atoms with van der Waals surface area (Å²) in [6, 6.07) is 24.2. The summed E-state index contributed by atoms with van der Waals surface area (Å²) >= 11 is 6.87. The van der Waals surface area contributed by atoms with E-state index in [1.54, 1.807) is 4.90 Å². The molecule has 1 aliphatic rings. The van der Waals surface area contributed by atoms with Gasteiger partial charge >= 0.3 is 0 Å². The molecule has 5 rings (SSSR count). The van der Waals surface area contributed by atoms with Gasteiger partial charge < -0.3 is 5.32 Å². The number of carbonyl (C=O) groups is 2. The summed E-state index contributed by atoms with van der Waals surface area (Å²) in [6.07, 6.45) is 4.38. The second-order valence-corrected chi connectivity index (χ2v) is 12.7. The van der Waals surface area contributed by atoms with E-state index in [0.29, 0.717) is 40.7 Å². The minimum Gasteiger partial charge on any atom is -0.326 e. The standard InChI is InChI=1S/C30H27N3O4S3/c31-40(36,37)23-15-13-22(14-16-23)32-28(34)12-2-1-7-17-33-29(35)27(39-30(33)38)19-26-24-10-5-3-8-20(24)18-21-9-4-6-11-25(21)26/h3-6,8-11,13-16,18-19H,1-2,7,12,17H2,(H,32,34)(H2,31,36,37)/b27-19-. The number of sulfonamides is 1. The Bertz CT molecular complexity index is 1710. The van der Waals surface area contributed by atoms with Crippen molar-refractivity contribution in [3.05, 3.63) is 89.3 Å². The van der Waals surface area contributed by atoms with Gasteiger partial charge in [0.2, 0.25) is 15.9 Å². The van der Waals surface area contributed by atoms with Crippen molar-refractivity contribution >= 4 is 83.4 Å². The van der Waals surface area contributed by atoms with Gasteiger partial charge in [0.05, 0.1) is 9.80 Å². The average molecular weight is 590 g/mol. The summed E-state index contributed by atoms with van der Waals surface area (Å²) in [5.41, 5.74) is 1.51. The van der Waals surface area contributed by atoms with Crippen LogP contribution in [0.5, 0.6) is 0 Å². The molecule has 2 amide bonds. The lowest BCUT2D eigenvalue weighted by Crippen LogP contribution is -2.29. The number of hydrogen-bond acceptors (Lipinski definition) is 6. The first-order valence-electron chi connectivity index (χ1n) is 12.8. The van der Waals surface area contributed by atoms with Crippen molar-refractivity contribution in [2.75, 3.05) is 11.9 Å². The van der Waals surface area contributed by atoms with Gasteiger partial charge in [-0.2, -0.15) is 0 Å². The number of thiocarbonyl (C=S) groups is 1. The highest BCUT2D eigenvalue weighted by atomic mass is 32.2. The molecule has 1 saturated heterocycles. The van der Waals surface area contributed by atoms with Gasteiger partial charge in [0.25, 0.3) is 5.91 Å². The summed E-state index contributed by atoms with van der Waals surface area (Å²) in [4.78, 5) is 27.8. The number of hydrogen-bond donors (Lipinski definition) is 2. The van der Waals surface area contributed by atoms with E-state index in [1.807, 2.05) is 30.3 Å². The van der Waals surface area contributed by atoms with Gasteiger partial charge in [-0.3, -0.25) is 14.5 Å². The van der Waals surface area contributed by atoms with Gasteiger partial charge in [0.15, 0.2) is 0 Å². The van der Waals surface area contributed by atoms with Gasteiger partial charge in [-0.25, -0.2) is 13.6 Å². The number of benzene rings is 4. The third-order valence-electron chi connectivity index (χ3n) is 6.71. The monoisotopic (exact) mass is 589 g/mol. The van der Waals surface area contributed by atoms with E-state index in [1.165, 1.54) is 36.0 Å². The predicted molar refractivity (Wildman–Crippen MR) is 166 cm³/mol. The van der Waals surface area contributed by atoms with E-state index in [0.717, 1.165) is 33.5 Å². The Balaban J connectivity index is 1.17. The molecule has 0 aliphatic carbocycles. The number of amides is 2. The van der Waals surface area contributed by atoms with Crippen LogP contribution in [-0.2, 0) is 19.6 Å². The molecule has 0 aromatic heterocycles. The Morgan fingerprint density at radius 2 is 1.55 bits per heavy atom. The highest BCUT2D eigenvalue weighted by molar-refractivity contribution is 8.26. The second-order valence-electron chi connectivity index (χ2n) is 9.49. The normalized spacial score (nSPS) is 14.9. The number of unbranched alkanes of at least 4 members (excludes halogenated alkanes) is 2. The van der Waals surface area contributed by atoms with E-state index in [2.05, 4.69) is 35.6 Å². The third-order valence-corrected chi connectivity index (χ3v) is 9.02. The largest absolute Gasteiger partial charge is 0.326 e. The molecule has 0 spiro atoms. The molecule has 40 heavy (non-hydrogen) atoms. The molecule has 4 aromatic rings. The SMILES string of the molecule is NS(=O)(=O)c1ccc(NC(=O)CCCCCN2C(=O)/C(=C/c3c4ccccc4cc4ccccc34)SC2=S)cc1. The molecule has 1 fully saturated rings. The van der Waals surface area contributed by atoms with E-state index >= 15 is 0 Å². The average Bonchev–Trinajstić information content (AvgIpc) is 3.19. The molecule has 0 bridgehead atoms. The van der Waals surface area contributed by atoms with Crippen LogP contribution in [-0.4, -0.2) is 36.0 Å². The van der Waals surface area contributed by atoms with Crippen molar-refractivity contribution < 1.29 is 18.0 Å². The molecule has 3 N–H and O–H groups in total. The van der Waals surface area contributed by atoms with Crippen molar-refractivity contribution in [1.82, 2.24) is 4.90 Å². The van der Waals surface area contributed by atoms with Crippen LogP contribution in [0.15, 0.2) is 88.7 Å². The maximum atomic E-state index is 13.3. The maximum Gasteiger partial charge on any atom is 0.266 e. The first-order valence-corrected chi connectivity index (χ1v) is 15.6. The number of nitrogens with one attached hydrogen (secondary N) is 1. The number of anilines is 1. The zero-order valence-electron chi connectivity index (χ0n) is 21.5.